The van der Waals surface area contributed by atoms with Gasteiger partial charge < -0.3 is 20.2 Å². The van der Waals surface area contributed by atoms with E-state index in [9.17, 15) is 9.90 Å². The van der Waals surface area contributed by atoms with Crippen molar-refractivity contribution in [2.45, 2.75) is 26.3 Å². The maximum absolute atomic E-state index is 12.1. The highest BCUT2D eigenvalue weighted by Crippen LogP contribution is 2.27. The number of nitrogens with zero attached hydrogens (tertiary/aromatic N) is 2. The number of carbonyl (C=O) groups is 1. The second-order valence-corrected chi connectivity index (χ2v) is 5.72. The molecule has 0 saturated carbocycles. The van der Waals surface area contributed by atoms with E-state index in [-0.39, 0.29) is 5.91 Å². The monoisotopic (exact) mass is 291 g/mol. The Morgan fingerprint density at radius 1 is 1.24 bits per heavy atom. The normalized spacial score (nSPS) is 15.6. The van der Waals surface area contributed by atoms with E-state index in [2.05, 4.69) is 24.1 Å². The molecule has 1 fully saturated rings. The minimum Gasteiger partial charge on any atom is -0.506 e. The van der Waals surface area contributed by atoms with Crippen molar-refractivity contribution in [3.63, 3.8) is 0 Å². The van der Waals surface area contributed by atoms with Gasteiger partial charge >= 0.3 is 0 Å². The second kappa shape index (κ2) is 7.31. The van der Waals surface area contributed by atoms with Gasteiger partial charge in [0, 0.05) is 45.2 Å². The molecule has 2 rings (SSSR count). The van der Waals surface area contributed by atoms with E-state index in [1.54, 1.807) is 6.07 Å². The van der Waals surface area contributed by atoms with Gasteiger partial charge in [-0.2, -0.15) is 0 Å². The number of hydrogen-bond acceptors (Lipinski definition) is 4. The van der Waals surface area contributed by atoms with Gasteiger partial charge in [-0.25, -0.2) is 0 Å². The molecule has 0 spiro atoms. The molecule has 1 aliphatic heterocycles. The van der Waals surface area contributed by atoms with Gasteiger partial charge in [-0.05, 0) is 12.1 Å². The Hall–Kier alpha value is -1.75. The van der Waals surface area contributed by atoms with E-state index in [1.165, 1.54) is 0 Å². The molecule has 21 heavy (non-hydrogen) atoms. The summed E-state index contributed by atoms with van der Waals surface area (Å²) in [5.41, 5.74) is 0.853. The number of nitrogens with one attached hydrogen (secondary N) is 1. The molecule has 116 valence electrons. The summed E-state index contributed by atoms with van der Waals surface area (Å²) in [6, 6.07) is 7.77. The summed E-state index contributed by atoms with van der Waals surface area (Å²) in [5, 5.41) is 13.1. The fraction of sp³-hybridized carbons (Fsp3) is 0.562. The number of rotatable bonds is 5. The minimum atomic E-state index is 0.208. The highest BCUT2D eigenvalue weighted by Gasteiger charge is 2.22. The molecule has 1 aliphatic rings. The lowest BCUT2D eigenvalue weighted by atomic mass is 10.2. The maximum Gasteiger partial charge on any atom is 0.223 e. The van der Waals surface area contributed by atoms with Crippen LogP contribution in [0.3, 0.4) is 0 Å². The maximum atomic E-state index is 12.1. The molecule has 0 aromatic heterocycles. The molecule has 0 atom stereocenters. The van der Waals surface area contributed by atoms with Crippen LogP contribution in [0.25, 0.3) is 0 Å². The Morgan fingerprint density at radius 3 is 2.52 bits per heavy atom. The van der Waals surface area contributed by atoms with Crippen LogP contribution in [-0.2, 0) is 4.79 Å². The van der Waals surface area contributed by atoms with Crippen LogP contribution in [0.4, 0.5) is 5.69 Å². The third kappa shape index (κ3) is 4.36. The molecule has 1 aromatic rings. The first-order chi connectivity index (χ1) is 10.1. The number of aromatic hydroxyl groups is 1. The van der Waals surface area contributed by atoms with Crippen molar-refractivity contribution in [1.29, 1.82) is 0 Å². The van der Waals surface area contributed by atoms with Crippen molar-refractivity contribution in [3.8, 4) is 5.75 Å². The fourth-order valence-corrected chi connectivity index (χ4v) is 2.55. The molecule has 5 heteroatoms. The van der Waals surface area contributed by atoms with Crippen LogP contribution < -0.4 is 10.2 Å². The number of phenolic OH excluding ortho intramolecular Hbond substituents is 1. The van der Waals surface area contributed by atoms with E-state index in [1.807, 2.05) is 23.1 Å². The van der Waals surface area contributed by atoms with Gasteiger partial charge in [0.05, 0.1) is 5.69 Å². The summed E-state index contributed by atoms with van der Waals surface area (Å²) in [6.07, 6.45) is 0.550. The number of phenols is 1. The van der Waals surface area contributed by atoms with Crippen molar-refractivity contribution in [2.24, 2.45) is 0 Å². The molecule has 0 bridgehead atoms. The van der Waals surface area contributed by atoms with E-state index in [0.29, 0.717) is 18.2 Å². The molecule has 1 saturated heterocycles. The lowest BCUT2D eigenvalue weighted by Gasteiger charge is -2.36. The Labute approximate surface area is 126 Å². The zero-order valence-electron chi connectivity index (χ0n) is 12.9. The van der Waals surface area contributed by atoms with E-state index in [4.69, 9.17) is 0 Å². The Bertz CT molecular complexity index is 468. The van der Waals surface area contributed by atoms with Crippen LogP contribution in [0, 0.1) is 0 Å². The third-order valence-corrected chi connectivity index (χ3v) is 3.75. The SMILES string of the molecule is CC(C)NCCC(=O)N1CCN(c2ccccc2O)CC1. The Balaban J connectivity index is 1.80. The van der Waals surface area contributed by atoms with Crippen LogP contribution in [-0.4, -0.2) is 54.7 Å². The number of piperazine rings is 1. The molecule has 5 nitrogen and oxygen atoms in total. The first-order valence-electron chi connectivity index (χ1n) is 7.62. The van der Waals surface area contributed by atoms with Gasteiger partial charge in [0.1, 0.15) is 5.75 Å². The fourth-order valence-electron chi connectivity index (χ4n) is 2.55. The largest absolute Gasteiger partial charge is 0.506 e. The number of hydrogen-bond donors (Lipinski definition) is 2. The number of anilines is 1. The molecule has 2 N–H and O–H groups in total. The van der Waals surface area contributed by atoms with Gasteiger partial charge in [0.15, 0.2) is 0 Å². The van der Waals surface area contributed by atoms with Crippen LogP contribution in [0.15, 0.2) is 24.3 Å². The van der Waals surface area contributed by atoms with Gasteiger partial charge in [0.25, 0.3) is 0 Å². The van der Waals surface area contributed by atoms with Crippen LogP contribution in [0.2, 0.25) is 0 Å². The minimum absolute atomic E-state index is 0.208. The molecule has 1 aromatic carbocycles. The number of benzene rings is 1. The Kier molecular flexibility index (Phi) is 5.44. The van der Waals surface area contributed by atoms with E-state index >= 15 is 0 Å². The predicted molar refractivity (Wildman–Crippen MR) is 84.7 cm³/mol. The summed E-state index contributed by atoms with van der Waals surface area (Å²) in [7, 11) is 0. The van der Waals surface area contributed by atoms with Gasteiger partial charge in [-0.3, -0.25) is 4.79 Å². The second-order valence-electron chi connectivity index (χ2n) is 5.72. The molecule has 0 aliphatic carbocycles. The van der Waals surface area contributed by atoms with Crippen molar-refractivity contribution in [3.05, 3.63) is 24.3 Å². The summed E-state index contributed by atoms with van der Waals surface area (Å²) >= 11 is 0. The number of carbonyl (C=O) groups excluding carboxylic acids is 1. The predicted octanol–water partition coefficient (Wildman–Crippen LogP) is 1.43. The van der Waals surface area contributed by atoms with Crippen molar-refractivity contribution >= 4 is 11.6 Å². The summed E-state index contributed by atoms with van der Waals surface area (Å²) in [6.45, 7) is 7.85. The molecule has 0 unspecified atom stereocenters. The van der Waals surface area contributed by atoms with Crippen LogP contribution >= 0.6 is 0 Å². The van der Waals surface area contributed by atoms with Crippen LogP contribution in [0.1, 0.15) is 20.3 Å². The van der Waals surface area contributed by atoms with Crippen molar-refractivity contribution in [1.82, 2.24) is 10.2 Å². The molecule has 1 amide bonds. The molecular weight excluding hydrogens is 266 g/mol. The third-order valence-electron chi connectivity index (χ3n) is 3.75. The van der Waals surface area contributed by atoms with Gasteiger partial charge in [-0.1, -0.05) is 26.0 Å². The highest BCUT2D eigenvalue weighted by atomic mass is 16.3. The lowest BCUT2D eigenvalue weighted by molar-refractivity contribution is -0.131. The first kappa shape index (κ1) is 15.6. The lowest BCUT2D eigenvalue weighted by Crippen LogP contribution is -2.49. The average Bonchev–Trinajstić information content (AvgIpc) is 2.47. The van der Waals surface area contributed by atoms with Gasteiger partial charge in [-0.15, -0.1) is 0 Å². The number of amides is 1. The summed E-state index contributed by atoms with van der Waals surface area (Å²) in [5.74, 6) is 0.512. The molecular formula is C16H25N3O2. The summed E-state index contributed by atoms with van der Waals surface area (Å²) in [4.78, 5) is 16.2. The summed E-state index contributed by atoms with van der Waals surface area (Å²) < 4.78 is 0. The van der Waals surface area contributed by atoms with Crippen LogP contribution in [0.5, 0.6) is 5.75 Å². The van der Waals surface area contributed by atoms with E-state index < -0.39 is 0 Å². The number of para-hydroxylation sites is 2. The van der Waals surface area contributed by atoms with Crippen molar-refractivity contribution in [2.75, 3.05) is 37.6 Å². The van der Waals surface area contributed by atoms with Crippen molar-refractivity contribution < 1.29 is 9.90 Å². The smallest absolute Gasteiger partial charge is 0.223 e. The Morgan fingerprint density at radius 2 is 1.90 bits per heavy atom. The quantitative estimate of drug-likeness (QED) is 0.862. The van der Waals surface area contributed by atoms with E-state index in [0.717, 1.165) is 38.4 Å². The first-order valence-corrected chi connectivity index (χ1v) is 7.62. The molecule has 1 heterocycles. The highest BCUT2D eigenvalue weighted by molar-refractivity contribution is 5.76. The molecule has 0 radical (unpaired) electrons. The van der Waals surface area contributed by atoms with Gasteiger partial charge in [0.2, 0.25) is 5.91 Å². The topological polar surface area (TPSA) is 55.8 Å². The average molecular weight is 291 g/mol. The zero-order chi connectivity index (χ0) is 15.2. The standard InChI is InChI=1S/C16H25N3O2/c1-13(2)17-8-7-16(21)19-11-9-18(10-12-19)14-5-3-4-6-15(14)20/h3-6,13,17,20H,7-12H2,1-2H3. The zero-order valence-corrected chi connectivity index (χ0v) is 12.9.